The van der Waals surface area contributed by atoms with Crippen LogP contribution in [0.25, 0.3) is 0 Å². The maximum absolute atomic E-state index is 14.1. The Kier molecular flexibility index (Phi) is 6.65. The normalized spacial score (nSPS) is 26.3. The number of nitrogens with zero attached hydrogens (tertiary/aromatic N) is 5. The van der Waals surface area contributed by atoms with Crippen LogP contribution < -0.4 is 38.1 Å². The van der Waals surface area contributed by atoms with Gasteiger partial charge in [0.25, 0.3) is 0 Å². The van der Waals surface area contributed by atoms with Crippen LogP contribution in [0.15, 0.2) is 18.2 Å². The van der Waals surface area contributed by atoms with E-state index in [1.807, 2.05) is 9.80 Å². The molecule has 174 valence electrons. The SMILES string of the molecule is NC1CC(N)CN(c2nc(NCc3ccc(F)cc3F)nc(N3CC(N)CC(N)C3)n2)C1. The van der Waals surface area contributed by atoms with Gasteiger partial charge in [-0.05, 0) is 18.9 Å². The van der Waals surface area contributed by atoms with Crippen molar-refractivity contribution in [1.29, 1.82) is 0 Å². The van der Waals surface area contributed by atoms with Crippen molar-refractivity contribution >= 4 is 17.8 Å². The Bertz CT molecular complexity index is 880. The molecule has 4 rings (SSSR count). The van der Waals surface area contributed by atoms with Gasteiger partial charge in [-0.15, -0.1) is 0 Å². The minimum absolute atomic E-state index is 0.0765. The molecule has 3 heterocycles. The highest BCUT2D eigenvalue weighted by Crippen LogP contribution is 2.22. The Balaban J connectivity index is 1.62. The molecule has 1 aromatic heterocycles. The molecule has 4 atom stereocenters. The number of benzene rings is 1. The predicted molar refractivity (Wildman–Crippen MR) is 119 cm³/mol. The predicted octanol–water partition coefficient (Wildman–Crippen LogP) is -0.509. The molecule has 9 N–H and O–H groups in total. The Morgan fingerprint density at radius 3 is 1.78 bits per heavy atom. The lowest BCUT2D eigenvalue weighted by Crippen LogP contribution is -2.54. The molecule has 0 radical (unpaired) electrons. The van der Waals surface area contributed by atoms with E-state index in [2.05, 4.69) is 20.3 Å². The number of hydrogen-bond acceptors (Lipinski definition) is 10. The van der Waals surface area contributed by atoms with Crippen LogP contribution in [0.1, 0.15) is 18.4 Å². The molecule has 0 spiro atoms. The first-order chi connectivity index (χ1) is 15.3. The fourth-order valence-corrected chi connectivity index (χ4v) is 4.24. The van der Waals surface area contributed by atoms with Crippen molar-refractivity contribution in [2.24, 2.45) is 22.9 Å². The van der Waals surface area contributed by atoms with Crippen molar-refractivity contribution in [3.05, 3.63) is 35.4 Å². The lowest BCUT2D eigenvalue weighted by molar-refractivity contribution is 0.441. The highest BCUT2D eigenvalue weighted by atomic mass is 19.1. The molecular formula is C20H30F2N10. The molecule has 2 fully saturated rings. The van der Waals surface area contributed by atoms with E-state index in [1.54, 1.807) is 0 Å². The Hall–Kier alpha value is -2.67. The summed E-state index contributed by atoms with van der Waals surface area (Å²) in [5, 5.41) is 3.02. The quantitative estimate of drug-likeness (QED) is 0.403. The maximum Gasteiger partial charge on any atom is 0.232 e. The van der Waals surface area contributed by atoms with Crippen molar-refractivity contribution in [3.63, 3.8) is 0 Å². The Labute approximate surface area is 185 Å². The van der Waals surface area contributed by atoms with Crippen LogP contribution in [0.5, 0.6) is 0 Å². The summed E-state index contributed by atoms with van der Waals surface area (Å²) < 4.78 is 27.3. The lowest BCUT2D eigenvalue weighted by Gasteiger charge is -2.37. The standard InChI is InChI=1S/C20H30F2N10/c21-12-2-1-11(17(22)3-12)6-27-18-28-19(31-7-13(23)4-14(24)8-31)30-20(29-18)32-9-15(25)5-16(26)10-32/h1-3,13-16H,4-10,23-26H2,(H,27,28,29,30). The van der Waals surface area contributed by atoms with Crippen LogP contribution in [-0.2, 0) is 6.54 Å². The van der Waals surface area contributed by atoms with Gasteiger partial charge in [0.15, 0.2) is 0 Å². The maximum atomic E-state index is 14.1. The van der Waals surface area contributed by atoms with E-state index in [4.69, 9.17) is 22.9 Å². The van der Waals surface area contributed by atoms with Gasteiger partial charge in [-0.25, -0.2) is 8.78 Å². The molecule has 2 saturated heterocycles. The van der Waals surface area contributed by atoms with Gasteiger partial charge in [0.05, 0.1) is 0 Å². The molecule has 0 saturated carbocycles. The summed E-state index contributed by atoms with van der Waals surface area (Å²) in [4.78, 5) is 17.5. The fraction of sp³-hybridized carbons (Fsp3) is 0.550. The number of hydrogen-bond donors (Lipinski definition) is 5. The van der Waals surface area contributed by atoms with Gasteiger partial charge in [0.2, 0.25) is 17.8 Å². The van der Waals surface area contributed by atoms with E-state index in [9.17, 15) is 8.78 Å². The van der Waals surface area contributed by atoms with Gasteiger partial charge in [0, 0.05) is 68.5 Å². The topological polar surface area (TPSA) is 161 Å². The molecule has 2 aliphatic rings. The second-order valence-corrected chi connectivity index (χ2v) is 8.67. The van der Waals surface area contributed by atoms with E-state index in [-0.39, 0.29) is 36.7 Å². The number of anilines is 3. The number of piperidine rings is 2. The summed E-state index contributed by atoms with van der Waals surface area (Å²) in [6.45, 7) is 2.31. The van der Waals surface area contributed by atoms with Gasteiger partial charge in [-0.1, -0.05) is 6.07 Å². The fourth-order valence-electron chi connectivity index (χ4n) is 4.24. The van der Waals surface area contributed by atoms with E-state index in [1.165, 1.54) is 12.1 Å². The number of halogens is 2. The molecule has 10 nitrogen and oxygen atoms in total. The van der Waals surface area contributed by atoms with Crippen molar-refractivity contribution in [2.75, 3.05) is 41.3 Å². The average Bonchev–Trinajstić information content (AvgIpc) is 2.71. The summed E-state index contributed by atoms with van der Waals surface area (Å²) in [7, 11) is 0. The highest BCUT2D eigenvalue weighted by molar-refractivity contribution is 5.47. The molecule has 0 amide bonds. The second-order valence-electron chi connectivity index (χ2n) is 8.67. The molecule has 4 unspecified atom stereocenters. The Morgan fingerprint density at radius 2 is 1.31 bits per heavy atom. The molecule has 32 heavy (non-hydrogen) atoms. The first-order valence-corrected chi connectivity index (χ1v) is 10.7. The van der Waals surface area contributed by atoms with Gasteiger partial charge >= 0.3 is 0 Å². The zero-order valence-electron chi connectivity index (χ0n) is 17.8. The molecular weight excluding hydrogens is 418 g/mol. The zero-order chi connectivity index (χ0) is 22.8. The molecule has 0 aliphatic carbocycles. The smallest absolute Gasteiger partial charge is 0.232 e. The third-order valence-corrected chi connectivity index (χ3v) is 5.66. The molecule has 12 heteroatoms. The van der Waals surface area contributed by atoms with Crippen molar-refractivity contribution in [2.45, 2.75) is 43.6 Å². The minimum atomic E-state index is -0.645. The van der Waals surface area contributed by atoms with Crippen molar-refractivity contribution in [1.82, 2.24) is 15.0 Å². The van der Waals surface area contributed by atoms with Crippen LogP contribution in [0.2, 0.25) is 0 Å². The number of nitrogens with one attached hydrogen (secondary N) is 1. The van der Waals surface area contributed by atoms with Gasteiger partial charge in [0.1, 0.15) is 11.6 Å². The zero-order valence-corrected chi connectivity index (χ0v) is 17.8. The van der Waals surface area contributed by atoms with Gasteiger partial charge in [-0.3, -0.25) is 0 Å². The summed E-state index contributed by atoms with van der Waals surface area (Å²) >= 11 is 0. The highest BCUT2D eigenvalue weighted by Gasteiger charge is 2.28. The minimum Gasteiger partial charge on any atom is -0.350 e. The van der Waals surface area contributed by atoms with Crippen molar-refractivity contribution < 1.29 is 8.78 Å². The third kappa shape index (κ3) is 5.38. The number of rotatable bonds is 5. The van der Waals surface area contributed by atoms with Gasteiger partial charge < -0.3 is 38.1 Å². The van der Waals surface area contributed by atoms with Crippen LogP contribution in [0.4, 0.5) is 26.6 Å². The van der Waals surface area contributed by atoms with Crippen LogP contribution in [0, 0.1) is 11.6 Å². The Morgan fingerprint density at radius 1 is 0.812 bits per heavy atom. The van der Waals surface area contributed by atoms with E-state index in [0.717, 1.165) is 18.9 Å². The monoisotopic (exact) mass is 448 g/mol. The summed E-state index contributed by atoms with van der Waals surface area (Å²) in [5.41, 5.74) is 24.9. The summed E-state index contributed by atoms with van der Waals surface area (Å²) in [5.74, 6) is -0.167. The number of aromatic nitrogens is 3. The lowest BCUT2D eigenvalue weighted by atomic mass is 10.0. The third-order valence-electron chi connectivity index (χ3n) is 5.66. The van der Waals surface area contributed by atoms with Crippen LogP contribution in [-0.4, -0.2) is 65.3 Å². The molecule has 0 bridgehead atoms. The second kappa shape index (κ2) is 9.45. The first kappa shape index (κ1) is 22.5. The van der Waals surface area contributed by atoms with E-state index >= 15 is 0 Å². The van der Waals surface area contributed by atoms with Crippen molar-refractivity contribution in [3.8, 4) is 0 Å². The number of nitrogens with two attached hydrogens (primary N) is 4. The van der Waals surface area contributed by atoms with Crippen LogP contribution in [0.3, 0.4) is 0 Å². The van der Waals surface area contributed by atoms with E-state index < -0.39 is 11.6 Å². The van der Waals surface area contributed by atoms with Gasteiger partial charge in [-0.2, -0.15) is 15.0 Å². The molecule has 1 aromatic carbocycles. The average molecular weight is 449 g/mol. The molecule has 2 aromatic rings. The van der Waals surface area contributed by atoms with E-state index in [0.29, 0.717) is 43.6 Å². The van der Waals surface area contributed by atoms with Crippen LogP contribution >= 0.6 is 0 Å². The summed E-state index contributed by atoms with van der Waals surface area (Å²) in [6.07, 6.45) is 1.44. The molecule has 2 aliphatic heterocycles. The first-order valence-electron chi connectivity index (χ1n) is 10.7. The largest absolute Gasteiger partial charge is 0.350 e. The summed E-state index contributed by atoms with van der Waals surface area (Å²) in [6, 6.07) is 3.04.